The number of methoxy groups -OCH3 is 1. The molecule has 0 aromatic heterocycles. The number of carbonyl (C=O) groups is 1. The van der Waals surface area contributed by atoms with Crippen molar-refractivity contribution in [2.45, 2.75) is 38.2 Å². The van der Waals surface area contributed by atoms with E-state index in [1.54, 1.807) is 7.11 Å². The normalized spacial score (nSPS) is 52.1. The second-order valence-corrected chi connectivity index (χ2v) is 5.73. The summed E-state index contributed by atoms with van der Waals surface area (Å²) in [6, 6.07) is 0. The minimum Gasteiger partial charge on any atom is -0.481 e. The molecular weight excluding hydrogens is 192 g/mol. The number of carboxylic acids is 1. The van der Waals surface area contributed by atoms with E-state index in [0.29, 0.717) is 17.8 Å². The molecule has 0 amide bonds. The molecule has 3 heteroatoms. The van der Waals surface area contributed by atoms with Gasteiger partial charge < -0.3 is 9.84 Å². The van der Waals surface area contributed by atoms with Gasteiger partial charge in [0.05, 0.1) is 11.5 Å². The molecule has 3 unspecified atom stereocenters. The SMILES string of the molecule is COC1C2CC3CC(C2)CC1(C(=O)O)C3. The molecule has 3 nitrogen and oxygen atoms in total. The highest BCUT2D eigenvalue weighted by Crippen LogP contribution is 2.60. The minimum absolute atomic E-state index is 0.0252. The third kappa shape index (κ3) is 1.13. The van der Waals surface area contributed by atoms with E-state index in [1.165, 1.54) is 19.3 Å². The predicted octanol–water partition coefficient (Wildman–Crippen LogP) is 1.91. The van der Waals surface area contributed by atoms with Crippen molar-refractivity contribution < 1.29 is 14.6 Å². The zero-order valence-electron chi connectivity index (χ0n) is 9.11. The maximum atomic E-state index is 11.5. The predicted molar refractivity (Wildman–Crippen MR) is 54.4 cm³/mol. The van der Waals surface area contributed by atoms with Crippen LogP contribution in [0, 0.1) is 23.2 Å². The highest BCUT2D eigenvalue weighted by molar-refractivity contribution is 5.76. The van der Waals surface area contributed by atoms with Crippen LogP contribution in [0.15, 0.2) is 0 Å². The Kier molecular flexibility index (Phi) is 1.91. The van der Waals surface area contributed by atoms with Crippen molar-refractivity contribution in [2.24, 2.45) is 23.2 Å². The third-order valence-electron chi connectivity index (χ3n) is 4.90. The van der Waals surface area contributed by atoms with Crippen molar-refractivity contribution in [3.8, 4) is 0 Å². The highest BCUT2D eigenvalue weighted by Gasteiger charge is 2.61. The minimum atomic E-state index is -0.617. The van der Waals surface area contributed by atoms with E-state index in [-0.39, 0.29) is 6.10 Å². The number of carboxylic acid groups (broad SMARTS) is 1. The third-order valence-corrected chi connectivity index (χ3v) is 4.90. The quantitative estimate of drug-likeness (QED) is 0.757. The van der Waals surface area contributed by atoms with E-state index < -0.39 is 11.4 Å². The first-order chi connectivity index (χ1) is 7.15. The lowest BCUT2D eigenvalue weighted by molar-refractivity contribution is -0.197. The van der Waals surface area contributed by atoms with Gasteiger partial charge in [0.2, 0.25) is 0 Å². The van der Waals surface area contributed by atoms with Crippen LogP contribution in [0.1, 0.15) is 32.1 Å². The van der Waals surface area contributed by atoms with Crippen molar-refractivity contribution >= 4 is 5.97 Å². The summed E-state index contributed by atoms with van der Waals surface area (Å²) >= 11 is 0. The van der Waals surface area contributed by atoms with Gasteiger partial charge in [0.15, 0.2) is 0 Å². The molecule has 0 spiro atoms. The fourth-order valence-electron chi connectivity index (χ4n) is 4.71. The van der Waals surface area contributed by atoms with Crippen molar-refractivity contribution in [3.05, 3.63) is 0 Å². The van der Waals surface area contributed by atoms with Crippen LogP contribution in [0.5, 0.6) is 0 Å². The van der Waals surface area contributed by atoms with Gasteiger partial charge in [0.25, 0.3) is 0 Å². The number of hydrogen-bond acceptors (Lipinski definition) is 2. The molecule has 0 heterocycles. The van der Waals surface area contributed by atoms with Crippen molar-refractivity contribution in [3.63, 3.8) is 0 Å². The summed E-state index contributed by atoms with van der Waals surface area (Å²) in [5, 5.41) is 9.50. The molecule has 3 atom stereocenters. The zero-order valence-corrected chi connectivity index (χ0v) is 9.11. The van der Waals surface area contributed by atoms with E-state index in [1.807, 2.05) is 0 Å². The Morgan fingerprint density at radius 2 is 1.87 bits per heavy atom. The van der Waals surface area contributed by atoms with Gasteiger partial charge >= 0.3 is 5.97 Å². The van der Waals surface area contributed by atoms with Gasteiger partial charge in [-0.1, -0.05) is 0 Å². The molecule has 4 bridgehead atoms. The summed E-state index contributed by atoms with van der Waals surface area (Å²) in [5.41, 5.74) is -0.538. The van der Waals surface area contributed by atoms with Gasteiger partial charge in [-0.3, -0.25) is 4.79 Å². The number of ether oxygens (including phenoxy) is 1. The first-order valence-electron chi connectivity index (χ1n) is 5.92. The average Bonchev–Trinajstić information content (AvgIpc) is 2.16. The molecule has 0 radical (unpaired) electrons. The molecule has 4 saturated carbocycles. The molecule has 0 aromatic rings. The summed E-state index contributed by atoms with van der Waals surface area (Å²) in [5.74, 6) is 1.21. The van der Waals surface area contributed by atoms with Crippen LogP contribution in [0.3, 0.4) is 0 Å². The van der Waals surface area contributed by atoms with E-state index in [4.69, 9.17) is 4.74 Å². The Labute approximate surface area is 89.8 Å². The number of rotatable bonds is 2. The molecule has 0 saturated heterocycles. The summed E-state index contributed by atoms with van der Waals surface area (Å²) in [7, 11) is 1.68. The van der Waals surface area contributed by atoms with Crippen LogP contribution in [-0.2, 0) is 9.53 Å². The molecule has 4 aliphatic rings. The molecular formula is C12H18O3. The van der Waals surface area contributed by atoms with Gasteiger partial charge in [0.1, 0.15) is 0 Å². The monoisotopic (exact) mass is 210 g/mol. The van der Waals surface area contributed by atoms with Crippen molar-refractivity contribution in [2.75, 3.05) is 7.11 Å². The van der Waals surface area contributed by atoms with Crippen LogP contribution >= 0.6 is 0 Å². The summed E-state index contributed by atoms with van der Waals surface area (Å²) in [4.78, 5) is 11.5. The van der Waals surface area contributed by atoms with E-state index in [2.05, 4.69) is 0 Å². The standard InChI is InChI=1S/C12H18O3/c1-15-10-9-3-7-2-8(4-9)6-12(10,5-7)11(13)14/h7-10H,2-6H2,1H3,(H,13,14). The average molecular weight is 210 g/mol. The smallest absolute Gasteiger partial charge is 0.312 e. The zero-order chi connectivity index (χ0) is 10.6. The number of aliphatic carboxylic acids is 1. The van der Waals surface area contributed by atoms with Crippen molar-refractivity contribution in [1.82, 2.24) is 0 Å². The van der Waals surface area contributed by atoms with Gasteiger partial charge in [-0.05, 0) is 49.9 Å². The molecule has 0 aliphatic heterocycles. The van der Waals surface area contributed by atoms with Crippen LogP contribution < -0.4 is 0 Å². The lowest BCUT2D eigenvalue weighted by Crippen LogP contribution is -2.59. The topological polar surface area (TPSA) is 46.5 Å². The maximum Gasteiger partial charge on any atom is 0.312 e. The molecule has 0 aromatic carbocycles. The first kappa shape index (κ1) is 9.64. The molecule has 4 fully saturated rings. The second-order valence-electron chi connectivity index (χ2n) is 5.73. The maximum absolute atomic E-state index is 11.5. The largest absolute Gasteiger partial charge is 0.481 e. The Hall–Kier alpha value is -0.570. The van der Waals surface area contributed by atoms with Gasteiger partial charge in [-0.15, -0.1) is 0 Å². The summed E-state index contributed by atoms with van der Waals surface area (Å²) < 4.78 is 5.51. The Morgan fingerprint density at radius 3 is 2.33 bits per heavy atom. The Morgan fingerprint density at radius 1 is 1.27 bits per heavy atom. The van der Waals surface area contributed by atoms with Gasteiger partial charge in [-0.25, -0.2) is 0 Å². The Bertz CT molecular complexity index is 285. The van der Waals surface area contributed by atoms with Crippen LogP contribution in [0.4, 0.5) is 0 Å². The van der Waals surface area contributed by atoms with Crippen LogP contribution in [-0.4, -0.2) is 24.3 Å². The molecule has 15 heavy (non-hydrogen) atoms. The lowest BCUT2D eigenvalue weighted by atomic mass is 9.48. The van der Waals surface area contributed by atoms with Gasteiger partial charge in [0, 0.05) is 7.11 Å². The number of hydrogen-bond donors (Lipinski definition) is 1. The lowest BCUT2D eigenvalue weighted by Gasteiger charge is -2.58. The van der Waals surface area contributed by atoms with Crippen LogP contribution in [0.2, 0.25) is 0 Å². The molecule has 4 rings (SSSR count). The van der Waals surface area contributed by atoms with Crippen LogP contribution in [0.25, 0.3) is 0 Å². The Balaban J connectivity index is 2.00. The highest BCUT2D eigenvalue weighted by atomic mass is 16.5. The van der Waals surface area contributed by atoms with Gasteiger partial charge in [-0.2, -0.15) is 0 Å². The first-order valence-corrected chi connectivity index (χ1v) is 5.92. The molecule has 84 valence electrons. The molecule has 1 N–H and O–H groups in total. The van der Waals surface area contributed by atoms with E-state index in [9.17, 15) is 9.90 Å². The van der Waals surface area contributed by atoms with Crippen molar-refractivity contribution in [1.29, 1.82) is 0 Å². The van der Waals surface area contributed by atoms with E-state index in [0.717, 1.165) is 12.8 Å². The fourth-order valence-corrected chi connectivity index (χ4v) is 4.71. The van der Waals surface area contributed by atoms with E-state index >= 15 is 0 Å². The second kappa shape index (κ2) is 2.97. The molecule has 4 aliphatic carbocycles. The summed E-state index contributed by atoms with van der Waals surface area (Å²) in [6.45, 7) is 0. The fraction of sp³-hybridized carbons (Fsp3) is 0.917. The summed E-state index contributed by atoms with van der Waals surface area (Å²) in [6.07, 6.45) is 5.35.